The summed E-state index contributed by atoms with van der Waals surface area (Å²) >= 11 is 0. The highest BCUT2D eigenvalue weighted by atomic mass is 19.1. The van der Waals surface area contributed by atoms with Crippen LogP contribution in [0.15, 0.2) is 22.6 Å². The maximum atomic E-state index is 13.8. The fourth-order valence-electron chi connectivity index (χ4n) is 1.84. The van der Waals surface area contributed by atoms with Gasteiger partial charge in [0.1, 0.15) is 11.6 Å². The highest BCUT2D eigenvalue weighted by Gasteiger charge is 2.25. The molecule has 2 rings (SSSR count). The van der Waals surface area contributed by atoms with Gasteiger partial charge in [0, 0.05) is 6.07 Å². The summed E-state index contributed by atoms with van der Waals surface area (Å²) in [5, 5.41) is 0. The molecule has 0 bridgehead atoms. The minimum absolute atomic E-state index is 0.00570. The van der Waals surface area contributed by atoms with E-state index in [0.717, 1.165) is 12.1 Å². The Morgan fingerprint density at radius 2 is 2.10 bits per heavy atom. The topological polar surface area (TPSA) is 52.3 Å². The minimum atomic E-state index is -0.804. The molecule has 6 heteroatoms. The first-order chi connectivity index (χ1) is 9.93. The number of ether oxygens (including phenoxy) is 1. The van der Waals surface area contributed by atoms with E-state index in [4.69, 9.17) is 9.15 Å². The summed E-state index contributed by atoms with van der Waals surface area (Å²) < 4.78 is 37.0. The molecule has 0 saturated carbocycles. The van der Waals surface area contributed by atoms with Crippen molar-refractivity contribution in [1.29, 1.82) is 0 Å². The van der Waals surface area contributed by atoms with Crippen LogP contribution >= 0.6 is 0 Å². The summed E-state index contributed by atoms with van der Waals surface area (Å²) in [6, 6.07) is 3.05. The van der Waals surface area contributed by atoms with Gasteiger partial charge in [-0.2, -0.15) is 0 Å². The second-order valence-electron chi connectivity index (χ2n) is 4.73. The minimum Gasteiger partial charge on any atom is -0.460 e. The standard InChI is InChI=1S/C15H15F2NO3/c1-4-20-15(19)13-12(8(2)3)18-14(21-13)10-6-5-9(16)7-11(10)17/h5-8H,4H2,1-3H3. The lowest BCUT2D eigenvalue weighted by molar-refractivity contribution is 0.0488. The molecule has 112 valence electrons. The van der Waals surface area contributed by atoms with Crippen molar-refractivity contribution in [3.05, 3.63) is 41.3 Å². The maximum Gasteiger partial charge on any atom is 0.376 e. The number of carbonyl (C=O) groups is 1. The SMILES string of the molecule is CCOC(=O)c1oc(-c2ccc(F)cc2F)nc1C(C)C. The molecule has 2 aromatic rings. The first-order valence-electron chi connectivity index (χ1n) is 6.57. The van der Waals surface area contributed by atoms with E-state index in [9.17, 15) is 13.6 Å². The van der Waals surface area contributed by atoms with Crippen LogP contribution in [0.1, 0.15) is 42.9 Å². The largest absolute Gasteiger partial charge is 0.460 e. The van der Waals surface area contributed by atoms with Gasteiger partial charge in [-0.15, -0.1) is 0 Å². The monoisotopic (exact) mass is 295 g/mol. The number of aromatic nitrogens is 1. The smallest absolute Gasteiger partial charge is 0.376 e. The van der Waals surface area contributed by atoms with Gasteiger partial charge in [0.05, 0.1) is 17.9 Å². The Balaban J connectivity index is 2.51. The van der Waals surface area contributed by atoms with Gasteiger partial charge in [-0.1, -0.05) is 13.8 Å². The number of hydrogen-bond acceptors (Lipinski definition) is 4. The van der Waals surface area contributed by atoms with E-state index in [0.29, 0.717) is 5.69 Å². The molecule has 0 fully saturated rings. The van der Waals surface area contributed by atoms with Crippen molar-refractivity contribution in [3.63, 3.8) is 0 Å². The van der Waals surface area contributed by atoms with Gasteiger partial charge in [-0.25, -0.2) is 18.6 Å². The lowest BCUT2D eigenvalue weighted by Crippen LogP contribution is -2.07. The molecule has 0 amide bonds. The Kier molecular flexibility index (Phi) is 4.35. The van der Waals surface area contributed by atoms with Crippen molar-refractivity contribution in [1.82, 2.24) is 4.98 Å². The van der Waals surface area contributed by atoms with Crippen LogP contribution in [0.4, 0.5) is 8.78 Å². The third-order valence-electron chi connectivity index (χ3n) is 2.82. The number of esters is 1. The van der Waals surface area contributed by atoms with Crippen LogP contribution in [0.2, 0.25) is 0 Å². The molecule has 4 nitrogen and oxygen atoms in total. The molecule has 0 saturated heterocycles. The van der Waals surface area contributed by atoms with Crippen LogP contribution < -0.4 is 0 Å². The van der Waals surface area contributed by atoms with E-state index in [1.165, 1.54) is 6.07 Å². The zero-order valence-electron chi connectivity index (χ0n) is 11.9. The van der Waals surface area contributed by atoms with Crippen LogP contribution in [0.25, 0.3) is 11.5 Å². The molecule has 1 heterocycles. The molecular formula is C15H15F2NO3. The van der Waals surface area contributed by atoms with Gasteiger partial charge in [0.25, 0.3) is 0 Å². The Hall–Kier alpha value is -2.24. The molecule has 1 aromatic carbocycles. The van der Waals surface area contributed by atoms with Crippen LogP contribution in [-0.4, -0.2) is 17.6 Å². The van der Waals surface area contributed by atoms with Gasteiger partial charge in [0.2, 0.25) is 11.7 Å². The third kappa shape index (κ3) is 3.09. The van der Waals surface area contributed by atoms with Gasteiger partial charge in [-0.05, 0) is 25.0 Å². The fraction of sp³-hybridized carbons (Fsp3) is 0.333. The summed E-state index contributed by atoms with van der Waals surface area (Å²) in [6.07, 6.45) is 0. The Morgan fingerprint density at radius 3 is 2.67 bits per heavy atom. The predicted molar refractivity (Wildman–Crippen MR) is 71.9 cm³/mol. The summed E-state index contributed by atoms with van der Waals surface area (Å²) in [6.45, 7) is 5.51. The number of carbonyl (C=O) groups excluding carboxylic acids is 1. The van der Waals surface area contributed by atoms with Crippen LogP contribution in [0.3, 0.4) is 0 Å². The second kappa shape index (κ2) is 6.03. The number of rotatable bonds is 4. The van der Waals surface area contributed by atoms with Crippen LogP contribution in [-0.2, 0) is 4.74 Å². The van der Waals surface area contributed by atoms with Gasteiger partial charge < -0.3 is 9.15 Å². The average Bonchev–Trinajstić information content (AvgIpc) is 2.84. The molecule has 0 aliphatic heterocycles. The Labute approximate surface area is 120 Å². The molecule has 21 heavy (non-hydrogen) atoms. The summed E-state index contributed by atoms with van der Waals surface area (Å²) in [7, 11) is 0. The lowest BCUT2D eigenvalue weighted by Gasteiger charge is -2.02. The average molecular weight is 295 g/mol. The van der Waals surface area contributed by atoms with Crippen LogP contribution in [0.5, 0.6) is 0 Å². The number of hydrogen-bond donors (Lipinski definition) is 0. The van der Waals surface area contributed by atoms with E-state index >= 15 is 0 Å². The molecule has 0 aliphatic carbocycles. The van der Waals surface area contributed by atoms with Crippen LogP contribution in [0, 0.1) is 11.6 Å². The van der Waals surface area contributed by atoms with E-state index < -0.39 is 17.6 Å². The van der Waals surface area contributed by atoms with E-state index in [1.54, 1.807) is 6.92 Å². The first kappa shape index (κ1) is 15.2. The molecule has 0 aliphatic rings. The second-order valence-corrected chi connectivity index (χ2v) is 4.73. The first-order valence-corrected chi connectivity index (χ1v) is 6.57. The van der Waals surface area contributed by atoms with Crippen molar-refractivity contribution in [2.24, 2.45) is 0 Å². The number of benzene rings is 1. The maximum absolute atomic E-state index is 13.8. The zero-order valence-corrected chi connectivity index (χ0v) is 11.9. The Bertz CT molecular complexity index is 665. The van der Waals surface area contributed by atoms with Crippen molar-refractivity contribution in [3.8, 4) is 11.5 Å². The van der Waals surface area contributed by atoms with E-state index in [1.807, 2.05) is 13.8 Å². The molecule has 0 N–H and O–H groups in total. The molecular weight excluding hydrogens is 280 g/mol. The van der Waals surface area contributed by atoms with Crippen molar-refractivity contribution in [2.75, 3.05) is 6.61 Å². The van der Waals surface area contributed by atoms with Crippen molar-refractivity contribution >= 4 is 5.97 Å². The molecule has 0 unspecified atom stereocenters. The van der Waals surface area contributed by atoms with Crippen molar-refractivity contribution < 1.29 is 22.7 Å². The third-order valence-corrected chi connectivity index (χ3v) is 2.82. The highest BCUT2D eigenvalue weighted by molar-refractivity contribution is 5.88. The van der Waals surface area contributed by atoms with Crippen molar-refractivity contribution in [2.45, 2.75) is 26.7 Å². The Morgan fingerprint density at radius 1 is 1.38 bits per heavy atom. The summed E-state index contributed by atoms with van der Waals surface area (Å²) in [5.74, 6) is -2.38. The zero-order chi connectivity index (χ0) is 15.6. The quantitative estimate of drug-likeness (QED) is 0.802. The summed E-state index contributed by atoms with van der Waals surface area (Å²) in [4.78, 5) is 16.0. The highest BCUT2D eigenvalue weighted by Crippen LogP contribution is 2.29. The fourth-order valence-corrected chi connectivity index (χ4v) is 1.84. The normalized spacial score (nSPS) is 11.0. The van der Waals surface area contributed by atoms with Gasteiger partial charge in [0.15, 0.2) is 0 Å². The molecule has 0 atom stereocenters. The predicted octanol–water partition coefficient (Wildman–Crippen LogP) is 3.92. The number of halogens is 2. The van der Waals surface area contributed by atoms with E-state index in [2.05, 4.69) is 4.98 Å². The van der Waals surface area contributed by atoms with Gasteiger partial charge in [-0.3, -0.25) is 0 Å². The molecule has 0 radical (unpaired) electrons. The lowest BCUT2D eigenvalue weighted by atomic mass is 10.1. The summed E-state index contributed by atoms with van der Waals surface area (Å²) in [5.41, 5.74) is 0.376. The van der Waals surface area contributed by atoms with E-state index in [-0.39, 0.29) is 29.7 Å². The molecule has 1 aromatic heterocycles. The number of oxazole rings is 1. The number of nitrogens with zero attached hydrogens (tertiary/aromatic N) is 1. The molecule has 0 spiro atoms. The van der Waals surface area contributed by atoms with Gasteiger partial charge >= 0.3 is 5.97 Å².